The molecule has 0 unspecified atom stereocenters. The van der Waals surface area contributed by atoms with Crippen molar-refractivity contribution in [1.29, 1.82) is 0 Å². The van der Waals surface area contributed by atoms with Crippen LogP contribution in [-0.4, -0.2) is 34.9 Å². The van der Waals surface area contributed by atoms with Gasteiger partial charge in [0.1, 0.15) is 6.04 Å². The van der Waals surface area contributed by atoms with Crippen molar-refractivity contribution in [2.75, 3.05) is 0 Å². The SMILES string of the molecule is C[C@H](N)C(=O)O.OBO. The van der Waals surface area contributed by atoms with Gasteiger partial charge in [-0.3, -0.25) is 4.79 Å². The third kappa shape index (κ3) is 18.6. The van der Waals surface area contributed by atoms with Crippen LogP contribution >= 0.6 is 0 Å². The van der Waals surface area contributed by atoms with Crippen LogP contribution in [-0.2, 0) is 4.79 Å². The number of rotatable bonds is 1. The Balaban J connectivity index is 0. The maximum atomic E-state index is 9.57. The smallest absolute Gasteiger partial charge is 0.432 e. The predicted molar refractivity (Wildman–Crippen MR) is 32.9 cm³/mol. The molecule has 0 saturated heterocycles. The fourth-order valence-corrected chi connectivity index (χ4v) is 0. The molecule has 0 bridgehead atoms. The van der Waals surface area contributed by atoms with Gasteiger partial charge in [0.05, 0.1) is 0 Å². The van der Waals surface area contributed by atoms with Crippen LogP contribution in [0.3, 0.4) is 0 Å². The highest BCUT2D eigenvalue weighted by molar-refractivity contribution is 6.13. The van der Waals surface area contributed by atoms with Gasteiger partial charge in [0.25, 0.3) is 0 Å². The summed E-state index contributed by atoms with van der Waals surface area (Å²) in [6, 6.07) is -0.731. The lowest BCUT2D eigenvalue weighted by Crippen LogP contribution is -2.25. The summed E-state index contributed by atoms with van der Waals surface area (Å²) in [6.45, 7) is 1.42. The van der Waals surface area contributed by atoms with E-state index in [0.29, 0.717) is 0 Å². The summed E-state index contributed by atoms with van der Waals surface area (Å²) in [6.07, 6.45) is 0. The van der Waals surface area contributed by atoms with Gasteiger partial charge in [0.2, 0.25) is 0 Å². The molecule has 0 saturated carbocycles. The summed E-state index contributed by atoms with van der Waals surface area (Å²) in [4.78, 5) is 9.57. The molecule has 0 heterocycles. The molecule has 0 aromatic rings. The molecule has 0 radical (unpaired) electrons. The molecule has 0 rings (SSSR count). The lowest BCUT2D eigenvalue weighted by molar-refractivity contribution is -0.138. The lowest BCUT2D eigenvalue weighted by atomic mass is 10.4. The van der Waals surface area contributed by atoms with Gasteiger partial charge in [-0.05, 0) is 6.92 Å². The predicted octanol–water partition coefficient (Wildman–Crippen LogP) is -2.34. The first-order valence-electron chi connectivity index (χ1n) is 2.26. The van der Waals surface area contributed by atoms with E-state index in [0.717, 1.165) is 0 Å². The van der Waals surface area contributed by atoms with Crippen molar-refractivity contribution in [3.63, 3.8) is 0 Å². The van der Waals surface area contributed by atoms with Crippen molar-refractivity contribution in [1.82, 2.24) is 0 Å². The molecule has 0 aliphatic heterocycles. The van der Waals surface area contributed by atoms with Crippen molar-refractivity contribution in [2.45, 2.75) is 13.0 Å². The van der Waals surface area contributed by atoms with Crippen LogP contribution in [0.1, 0.15) is 6.92 Å². The zero-order chi connectivity index (χ0) is 7.86. The zero-order valence-corrected chi connectivity index (χ0v) is 5.11. The minimum absolute atomic E-state index is 0.731. The molecule has 0 aliphatic rings. The largest absolute Gasteiger partial charge is 0.480 e. The first-order chi connectivity index (χ1) is 4.06. The van der Waals surface area contributed by atoms with E-state index in [-0.39, 0.29) is 0 Å². The molecule has 5 nitrogen and oxygen atoms in total. The maximum absolute atomic E-state index is 9.57. The summed E-state index contributed by atoms with van der Waals surface area (Å²) < 4.78 is 0. The molecule has 0 aliphatic carbocycles. The Kier molecular flexibility index (Phi) is 9.26. The summed E-state index contributed by atoms with van der Waals surface area (Å²) in [7, 11) is -0.750. The second kappa shape index (κ2) is 7.41. The Morgan fingerprint density at radius 2 is 1.78 bits per heavy atom. The number of hydrogen-bond acceptors (Lipinski definition) is 4. The van der Waals surface area contributed by atoms with Crippen molar-refractivity contribution in [2.24, 2.45) is 5.73 Å². The zero-order valence-electron chi connectivity index (χ0n) is 5.11. The summed E-state index contributed by atoms with van der Waals surface area (Å²) in [5, 5.41) is 22.1. The minimum atomic E-state index is -0.963. The monoisotopic (exact) mass is 135 g/mol. The van der Waals surface area contributed by atoms with E-state index in [4.69, 9.17) is 20.9 Å². The molecule has 0 aromatic heterocycles. The average Bonchev–Trinajstić information content (AvgIpc) is 1.68. The summed E-state index contributed by atoms with van der Waals surface area (Å²) in [5.74, 6) is -0.963. The van der Waals surface area contributed by atoms with Crippen LogP contribution in [0.15, 0.2) is 0 Å². The van der Waals surface area contributed by atoms with Crippen LogP contribution < -0.4 is 5.73 Å². The molecular formula is C3H10BNO4. The molecule has 0 spiro atoms. The molecule has 0 amide bonds. The van der Waals surface area contributed by atoms with Gasteiger partial charge < -0.3 is 20.9 Å². The standard InChI is InChI=1S/C3H7NO2.BH3O2/c1-2(4)3(5)6;2-1-3/h2H,4H2,1H3,(H,5,6);1-3H/t2-;/m0./s1. The van der Waals surface area contributed by atoms with E-state index in [1.165, 1.54) is 6.92 Å². The second-order valence-electron chi connectivity index (χ2n) is 1.27. The van der Waals surface area contributed by atoms with E-state index in [1.807, 2.05) is 0 Å². The van der Waals surface area contributed by atoms with E-state index < -0.39 is 19.7 Å². The van der Waals surface area contributed by atoms with Crippen LogP contribution in [0.2, 0.25) is 0 Å². The van der Waals surface area contributed by atoms with E-state index >= 15 is 0 Å². The molecular weight excluding hydrogens is 125 g/mol. The second-order valence-corrected chi connectivity index (χ2v) is 1.27. The van der Waals surface area contributed by atoms with Crippen LogP contribution in [0.5, 0.6) is 0 Å². The van der Waals surface area contributed by atoms with E-state index in [9.17, 15) is 4.79 Å². The lowest BCUT2D eigenvalue weighted by Gasteiger charge is -1.90. The van der Waals surface area contributed by atoms with Crippen LogP contribution in [0.25, 0.3) is 0 Å². The Morgan fingerprint density at radius 3 is 1.78 bits per heavy atom. The van der Waals surface area contributed by atoms with Gasteiger partial charge in [0.15, 0.2) is 0 Å². The summed E-state index contributed by atoms with van der Waals surface area (Å²) >= 11 is 0. The Labute approximate surface area is 53.4 Å². The van der Waals surface area contributed by atoms with Crippen molar-refractivity contribution in [3.8, 4) is 0 Å². The topological polar surface area (TPSA) is 104 Å². The van der Waals surface area contributed by atoms with Crippen molar-refractivity contribution >= 4 is 13.7 Å². The quantitative estimate of drug-likeness (QED) is 0.301. The average molecular weight is 135 g/mol. The van der Waals surface area contributed by atoms with Gasteiger partial charge in [-0.1, -0.05) is 0 Å². The van der Waals surface area contributed by atoms with Gasteiger partial charge in [-0.25, -0.2) is 0 Å². The number of aliphatic carboxylic acids is 1. The number of carbonyl (C=O) groups is 1. The molecule has 6 heteroatoms. The Morgan fingerprint density at radius 1 is 1.67 bits per heavy atom. The first kappa shape index (κ1) is 11.2. The van der Waals surface area contributed by atoms with Crippen molar-refractivity contribution < 1.29 is 19.9 Å². The summed E-state index contributed by atoms with van der Waals surface area (Å²) in [5.41, 5.74) is 4.84. The Bertz CT molecular complexity index is 76.2. The first-order valence-corrected chi connectivity index (χ1v) is 2.26. The Hall–Kier alpha value is -0.585. The van der Waals surface area contributed by atoms with Crippen molar-refractivity contribution in [3.05, 3.63) is 0 Å². The van der Waals surface area contributed by atoms with Gasteiger partial charge in [0, 0.05) is 0 Å². The third-order valence-corrected chi connectivity index (χ3v) is 0.390. The molecule has 5 N–H and O–H groups in total. The number of hydrogen-bond donors (Lipinski definition) is 4. The van der Waals surface area contributed by atoms with Crippen LogP contribution in [0.4, 0.5) is 0 Å². The van der Waals surface area contributed by atoms with E-state index in [1.54, 1.807) is 0 Å². The maximum Gasteiger partial charge on any atom is 0.432 e. The minimum Gasteiger partial charge on any atom is -0.480 e. The van der Waals surface area contributed by atoms with Gasteiger partial charge >= 0.3 is 13.7 Å². The highest BCUT2D eigenvalue weighted by Crippen LogP contribution is 1.68. The number of carboxylic acid groups (broad SMARTS) is 1. The highest BCUT2D eigenvalue weighted by atomic mass is 16.4. The highest BCUT2D eigenvalue weighted by Gasteiger charge is 1.99. The molecule has 9 heavy (non-hydrogen) atoms. The van der Waals surface area contributed by atoms with E-state index in [2.05, 4.69) is 0 Å². The van der Waals surface area contributed by atoms with Gasteiger partial charge in [-0.2, -0.15) is 0 Å². The normalized spacial score (nSPS) is 10.7. The van der Waals surface area contributed by atoms with Gasteiger partial charge in [-0.15, -0.1) is 0 Å². The van der Waals surface area contributed by atoms with Crippen LogP contribution in [0, 0.1) is 0 Å². The molecule has 0 fully saturated rings. The number of carboxylic acids is 1. The molecule has 54 valence electrons. The molecule has 0 aromatic carbocycles. The number of nitrogens with two attached hydrogens (primary N) is 1. The fourth-order valence-electron chi connectivity index (χ4n) is 0. The molecule has 1 atom stereocenters. The fraction of sp³-hybridized carbons (Fsp3) is 0.667. The third-order valence-electron chi connectivity index (χ3n) is 0.390.